The summed E-state index contributed by atoms with van der Waals surface area (Å²) >= 11 is 1.64. The third-order valence-corrected chi connectivity index (χ3v) is 5.15. The standard InChI is InChI=1S/C17H26N2OS.ClH/c1-14-3-5-16(6-4-14)21-13-17(20)19-11-8-15(9-12-19)7-10-18-2;/h3-6,15,18H,7-13H2,1-2H3;1H. The first-order chi connectivity index (χ1) is 10.2. The van der Waals surface area contributed by atoms with Crippen LogP contribution in [0.5, 0.6) is 0 Å². The number of hydrogen-bond acceptors (Lipinski definition) is 3. The minimum atomic E-state index is 0. The Hall–Kier alpha value is -0.710. The summed E-state index contributed by atoms with van der Waals surface area (Å²) in [5, 5.41) is 3.21. The highest BCUT2D eigenvalue weighted by atomic mass is 35.5. The molecule has 1 aromatic carbocycles. The first-order valence-corrected chi connectivity index (χ1v) is 8.79. The summed E-state index contributed by atoms with van der Waals surface area (Å²) < 4.78 is 0. The number of rotatable bonds is 6. The van der Waals surface area contributed by atoms with Gasteiger partial charge in [-0.2, -0.15) is 0 Å². The van der Waals surface area contributed by atoms with E-state index in [1.165, 1.54) is 16.9 Å². The molecular formula is C17H27ClN2OS. The maximum atomic E-state index is 12.3. The van der Waals surface area contributed by atoms with Gasteiger partial charge in [0.25, 0.3) is 0 Å². The van der Waals surface area contributed by atoms with Crippen molar-refractivity contribution in [3.63, 3.8) is 0 Å². The number of aryl methyl sites for hydroxylation is 1. The minimum absolute atomic E-state index is 0. The Morgan fingerprint density at radius 3 is 2.50 bits per heavy atom. The molecule has 124 valence electrons. The molecule has 0 spiro atoms. The van der Waals surface area contributed by atoms with Crippen LogP contribution in [0.15, 0.2) is 29.2 Å². The monoisotopic (exact) mass is 342 g/mol. The number of nitrogens with one attached hydrogen (secondary N) is 1. The second kappa shape index (κ2) is 10.1. The molecule has 0 atom stereocenters. The van der Waals surface area contributed by atoms with Gasteiger partial charge in [0.2, 0.25) is 5.91 Å². The van der Waals surface area contributed by atoms with Crippen molar-refractivity contribution in [2.45, 2.75) is 31.1 Å². The summed E-state index contributed by atoms with van der Waals surface area (Å²) in [7, 11) is 2.00. The third-order valence-electron chi connectivity index (χ3n) is 4.15. The van der Waals surface area contributed by atoms with Crippen LogP contribution >= 0.6 is 24.2 Å². The SMILES string of the molecule is CNCCC1CCN(C(=O)CSc2ccc(C)cc2)CC1.Cl. The Bertz CT molecular complexity index is 444. The zero-order chi connectivity index (χ0) is 15.1. The Morgan fingerprint density at radius 2 is 1.91 bits per heavy atom. The van der Waals surface area contributed by atoms with Gasteiger partial charge in [-0.05, 0) is 57.8 Å². The fourth-order valence-corrected chi connectivity index (χ4v) is 3.49. The lowest BCUT2D eigenvalue weighted by molar-refractivity contribution is -0.129. The number of hydrogen-bond donors (Lipinski definition) is 1. The van der Waals surface area contributed by atoms with Gasteiger partial charge in [-0.3, -0.25) is 4.79 Å². The lowest BCUT2D eigenvalue weighted by Gasteiger charge is -2.32. The Labute approximate surface area is 144 Å². The average molecular weight is 343 g/mol. The van der Waals surface area contributed by atoms with E-state index in [2.05, 4.69) is 36.5 Å². The molecule has 1 amide bonds. The van der Waals surface area contributed by atoms with Crippen molar-refractivity contribution < 1.29 is 4.79 Å². The van der Waals surface area contributed by atoms with Crippen molar-refractivity contribution in [3.8, 4) is 0 Å². The van der Waals surface area contributed by atoms with Crippen LogP contribution in [-0.4, -0.2) is 43.2 Å². The molecule has 0 aliphatic carbocycles. The highest BCUT2D eigenvalue weighted by molar-refractivity contribution is 8.00. The number of likely N-dealkylation sites (tertiary alicyclic amines) is 1. The Morgan fingerprint density at radius 1 is 1.27 bits per heavy atom. The first-order valence-electron chi connectivity index (χ1n) is 7.81. The maximum absolute atomic E-state index is 12.3. The van der Waals surface area contributed by atoms with Gasteiger partial charge in [0.1, 0.15) is 0 Å². The molecule has 0 unspecified atom stereocenters. The fourth-order valence-electron chi connectivity index (χ4n) is 2.69. The second-order valence-electron chi connectivity index (χ2n) is 5.82. The number of carbonyl (C=O) groups is 1. The molecule has 0 saturated carbocycles. The zero-order valence-electron chi connectivity index (χ0n) is 13.5. The summed E-state index contributed by atoms with van der Waals surface area (Å²) in [6, 6.07) is 8.38. The number of halogens is 1. The molecule has 1 aliphatic rings. The van der Waals surface area contributed by atoms with E-state index in [1.807, 2.05) is 11.9 Å². The summed E-state index contributed by atoms with van der Waals surface area (Å²) in [6.07, 6.45) is 3.54. The molecule has 1 aliphatic heterocycles. The molecule has 1 aromatic rings. The number of amides is 1. The predicted octanol–water partition coefficient (Wildman–Crippen LogP) is 3.36. The lowest BCUT2D eigenvalue weighted by Crippen LogP contribution is -2.39. The van der Waals surface area contributed by atoms with Crippen molar-refractivity contribution in [3.05, 3.63) is 29.8 Å². The molecule has 22 heavy (non-hydrogen) atoms. The lowest BCUT2D eigenvalue weighted by atomic mass is 9.93. The van der Waals surface area contributed by atoms with Crippen molar-refractivity contribution >= 4 is 30.1 Å². The highest BCUT2D eigenvalue weighted by Gasteiger charge is 2.22. The van der Waals surface area contributed by atoms with Crippen LogP contribution in [0.3, 0.4) is 0 Å². The van der Waals surface area contributed by atoms with E-state index in [1.54, 1.807) is 11.8 Å². The molecule has 2 rings (SSSR count). The number of thioether (sulfide) groups is 1. The predicted molar refractivity (Wildman–Crippen MR) is 97.0 cm³/mol. The van der Waals surface area contributed by atoms with Gasteiger partial charge in [0.05, 0.1) is 5.75 Å². The van der Waals surface area contributed by atoms with Gasteiger partial charge in [0.15, 0.2) is 0 Å². The Kier molecular flexibility index (Phi) is 8.91. The van der Waals surface area contributed by atoms with E-state index in [-0.39, 0.29) is 18.3 Å². The van der Waals surface area contributed by atoms with Crippen molar-refractivity contribution in [2.75, 3.05) is 32.4 Å². The summed E-state index contributed by atoms with van der Waals surface area (Å²) in [5.74, 6) is 1.63. The first kappa shape index (κ1) is 19.3. The van der Waals surface area contributed by atoms with Gasteiger partial charge in [-0.25, -0.2) is 0 Å². The largest absolute Gasteiger partial charge is 0.342 e. The van der Waals surface area contributed by atoms with E-state index in [0.29, 0.717) is 5.75 Å². The van der Waals surface area contributed by atoms with Crippen LogP contribution < -0.4 is 5.32 Å². The second-order valence-corrected chi connectivity index (χ2v) is 6.87. The topological polar surface area (TPSA) is 32.3 Å². The van der Waals surface area contributed by atoms with E-state index < -0.39 is 0 Å². The molecule has 0 radical (unpaired) electrons. The minimum Gasteiger partial charge on any atom is -0.342 e. The number of piperidine rings is 1. The van der Waals surface area contributed by atoms with Crippen LogP contribution in [0.2, 0.25) is 0 Å². The molecule has 0 bridgehead atoms. The summed E-state index contributed by atoms with van der Waals surface area (Å²) in [6.45, 7) is 5.03. The van der Waals surface area contributed by atoms with Gasteiger partial charge in [-0.15, -0.1) is 24.2 Å². The normalized spacial score (nSPS) is 15.5. The maximum Gasteiger partial charge on any atom is 0.232 e. The van der Waals surface area contributed by atoms with Gasteiger partial charge >= 0.3 is 0 Å². The van der Waals surface area contributed by atoms with Crippen LogP contribution in [-0.2, 0) is 4.79 Å². The van der Waals surface area contributed by atoms with E-state index in [4.69, 9.17) is 0 Å². The summed E-state index contributed by atoms with van der Waals surface area (Å²) in [4.78, 5) is 15.5. The molecule has 5 heteroatoms. The molecule has 1 N–H and O–H groups in total. The third kappa shape index (κ3) is 6.19. The van der Waals surface area contributed by atoms with Crippen LogP contribution in [0.25, 0.3) is 0 Å². The van der Waals surface area contributed by atoms with E-state index >= 15 is 0 Å². The number of carbonyl (C=O) groups excluding carboxylic acids is 1. The van der Waals surface area contributed by atoms with Crippen LogP contribution in [0, 0.1) is 12.8 Å². The zero-order valence-corrected chi connectivity index (χ0v) is 15.1. The molecule has 3 nitrogen and oxygen atoms in total. The molecule has 1 fully saturated rings. The van der Waals surface area contributed by atoms with Crippen molar-refractivity contribution in [1.29, 1.82) is 0 Å². The van der Waals surface area contributed by atoms with Crippen LogP contribution in [0.4, 0.5) is 0 Å². The molecule has 1 heterocycles. The quantitative estimate of drug-likeness (QED) is 0.804. The van der Waals surface area contributed by atoms with E-state index in [9.17, 15) is 4.79 Å². The van der Waals surface area contributed by atoms with Gasteiger partial charge in [-0.1, -0.05) is 17.7 Å². The summed E-state index contributed by atoms with van der Waals surface area (Å²) in [5.41, 5.74) is 1.26. The molecule has 1 saturated heterocycles. The molecule has 0 aromatic heterocycles. The van der Waals surface area contributed by atoms with E-state index in [0.717, 1.165) is 38.4 Å². The Balaban J connectivity index is 0.00000242. The van der Waals surface area contributed by atoms with Crippen LogP contribution in [0.1, 0.15) is 24.8 Å². The number of benzene rings is 1. The van der Waals surface area contributed by atoms with Gasteiger partial charge in [0, 0.05) is 18.0 Å². The smallest absolute Gasteiger partial charge is 0.232 e. The van der Waals surface area contributed by atoms with Gasteiger partial charge < -0.3 is 10.2 Å². The number of nitrogens with zero attached hydrogens (tertiary/aromatic N) is 1. The van der Waals surface area contributed by atoms with Crippen molar-refractivity contribution in [2.24, 2.45) is 5.92 Å². The highest BCUT2D eigenvalue weighted by Crippen LogP contribution is 2.23. The van der Waals surface area contributed by atoms with Crippen molar-refractivity contribution in [1.82, 2.24) is 10.2 Å². The molecular weight excluding hydrogens is 316 g/mol. The average Bonchev–Trinajstić information content (AvgIpc) is 2.52. The fraction of sp³-hybridized carbons (Fsp3) is 0.588.